The lowest BCUT2D eigenvalue weighted by atomic mass is 10.2. The van der Waals surface area contributed by atoms with E-state index in [0.717, 1.165) is 11.8 Å². The lowest BCUT2D eigenvalue weighted by Gasteiger charge is -2.08. The molecule has 0 aliphatic heterocycles. The smallest absolute Gasteiger partial charge is 0.276 e. The predicted molar refractivity (Wildman–Crippen MR) is 80.9 cm³/mol. The summed E-state index contributed by atoms with van der Waals surface area (Å²) in [6.07, 6.45) is 0.926. The van der Waals surface area contributed by atoms with Crippen LogP contribution in [-0.2, 0) is 6.54 Å². The van der Waals surface area contributed by atoms with E-state index >= 15 is 0 Å². The zero-order chi connectivity index (χ0) is 14.7. The second-order valence-corrected chi connectivity index (χ2v) is 4.77. The van der Waals surface area contributed by atoms with Gasteiger partial charge in [-0.15, -0.1) is 0 Å². The number of aromatic amines is 1. The number of nitrogens with one attached hydrogen (secondary N) is 3. The van der Waals surface area contributed by atoms with Crippen LogP contribution in [-0.4, -0.2) is 16.2 Å². The summed E-state index contributed by atoms with van der Waals surface area (Å²) in [5.41, 5.74) is 5.90. The highest BCUT2D eigenvalue weighted by Gasteiger charge is 2.06. The van der Waals surface area contributed by atoms with Gasteiger partial charge in [-0.05, 0) is 17.7 Å². The van der Waals surface area contributed by atoms with Crippen molar-refractivity contribution < 1.29 is 0 Å². The molecule has 0 amide bonds. The molecule has 0 atom stereocenters. The molecule has 1 aromatic carbocycles. The van der Waals surface area contributed by atoms with E-state index in [0.29, 0.717) is 16.6 Å². The van der Waals surface area contributed by atoms with Gasteiger partial charge in [-0.25, -0.2) is 4.98 Å². The van der Waals surface area contributed by atoms with Crippen LogP contribution in [0.15, 0.2) is 23.0 Å². The van der Waals surface area contributed by atoms with Gasteiger partial charge in [0.2, 0.25) is 5.95 Å². The first-order chi connectivity index (χ1) is 9.51. The number of hydrogen-bond acceptors (Lipinski definition) is 5. The van der Waals surface area contributed by atoms with Crippen LogP contribution < -0.4 is 16.6 Å². The van der Waals surface area contributed by atoms with Crippen molar-refractivity contribution in [2.45, 2.75) is 6.54 Å². The number of hydrogen-bond donors (Lipinski definition) is 4. The maximum Gasteiger partial charge on any atom is 0.276 e. The van der Waals surface area contributed by atoms with Gasteiger partial charge in [-0.3, -0.25) is 9.78 Å². The van der Waals surface area contributed by atoms with Crippen LogP contribution in [0.1, 0.15) is 11.3 Å². The minimum Gasteiger partial charge on any atom is -0.392 e. The molecular weight excluding hydrogens is 301 g/mol. The Morgan fingerprint density at radius 1 is 1.40 bits per heavy atom. The molecule has 0 saturated heterocycles. The molecule has 2 aromatic rings. The SMILES string of the molecule is N=Cc1nc(NCc2ccc(Cl)c(Cl)c2)[nH]c(=O)c1N. The van der Waals surface area contributed by atoms with Gasteiger partial charge in [0.05, 0.1) is 10.0 Å². The van der Waals surface area contributed by atoms with E-state index in [4.69, 9.17) is 34.3 Å². The van der Waals surface area contributed by atoms with Crippen molar-refractivity contribution >= 4 is 41.1 Å². The van der Waals surface area contributed by atoms with Crippen molar-refractivity contribution in [1.82, 2.24) is 9.97 Å². The zero-order valence-corrected chi connectivity index (χ0v) is 11.7. The summed E-state index contributed by atoms with van der Waals surface area (Å²) in [6.45, 7) is 0.390. The first-order valence-corrected chi connectivity index (χ1v) is 6.35. The lowest BCUT2D eigenvalue weighted by molar-refractivity contribution is 1.03. The van der Waals surface area contributed by atoms with E-state index in [1.165, 1.54) is 0 Å². The third kappa shape index (κ3) is 3.09. The van der Waals surface area contributed by atoms with E-state index in [2.05, 4.69) is 15.3 Å². The van der Waals surface area contributed by atoms with E-state index in [1.54, 1.807) is 18.2 Å². The van der Waals surface area contributed by atoms with E-state index in [9.17, 15) is 4.79 Å². The van der Waals surface area contributed by atoms with Gasteiger partial charge in [0.25, 0.3) is 5.56 Å². The molecule has 0 aliphatic rings. The third-order valence-electron chi connectivity index (χ3n) is 2.57. The molecule has 0 fully saturated rings. The van der Waals surface area contributed by atoms with Crippen molar-refractivity contribution in [3.63, 3.8) is 0 Å². The molecule has 0 radical (unpaired) electrons. The summed E-state index contributed by atoms with van der Waals surface area (Å²) in [7, 11) is 0. The second kappa shape index (κ2) is 5.94. The first-order valence-electron chi connectivity index (χ1n) is 5.59. The van der Waals surface area contributed by atoms with Crippen molar-refractivity contribution in [1.29, 1.82) is 5.41 Å². The average molecular weight is 312 g/mol. The van der Waals surface area contributed by atoms with Gasteiger partial charge >= 0.3 is 0 Å². The molecule has 6 nitrogen and oxygen atoms in total. The molecule has 0 bridgehead atoms. The maximum atomic E-state index is 11.5. The van der Waals surface area contributed by atoms with Crippen LogP contribution in [0.25, 0.3) is 0 Å². The Labute approximate surface area is 124 Å². The lowest BCUT2D eigenvalue weighted by Crippen LogP contribution is -2.19. The fourth-order valence-corrected chi connectivity index (χ4v) is 1.85. The fourth-order valence-electron chi connectivity index (χ4n) is 1.53. The van der Waals surface area contributed by atoms with Gasteiger partial charge in [0.15, 0.2) is 0 Å². The molecule has 0 saturated carbocycles. The summed E-state index contributed by atoms with van der Waals surface area (Å²) in [5.74, 6) is 0.230. The van der Waals surface area contributed by atoms with Crippen molar-refractivity contribution in [3.05, 3.63) is 49.9 Å². The number of nitrogen functional groups attached to an aromatic ring is 1. The molecule has 20 heavy (non-hydrogen) atoms. The fraction of sp³-hybridized carbons (Fsp3) is 0.0833. The summed E-state index contributed by atoms with van der Waals surface area (Å²) in [6, 6.07) is 5.20. The van der Waals surface area contributed by atoms with Crippen LogP contribution in [0.2, 0.25) is 10.0 Å². The van der Waals surface area contributed by atoms with Gasteiger partial charge in [0.1, 0.15) is 11.4 Å². The minimum absolute atomic E-state index is 0.0833. The quantitative estimate of drug-likeness (QED) is 0.649. The van der Waals surface area contributed by atoms with Crippen molar-refractivity contribution in [2.24, 2.45) is 0 Å². The number of anilines is 2. The van der Waals surface area contributed by atoms with Gasteiger partial charge in [-0.2, -0.15) is 0 Å². The Hall–Kier alpha value is -2.05. The first kappa shape index (κ1) is 14.4. The van der Waals surface area contributed by atoms with Crippen LogP contribution in [0.4, 0.5) is 11.6 Å². The van der Waals surface area contributed by atoms with Gasteiger partial charge in [-0.1, -0.05) is 29.3 Å². The highest BCUT2D eigenvalue weighted by molar-refractivity contribution is 6.42. The van der Waals surface area contributed by atoms with Crippen molar-refractivity contribution in [2.75, 3.05) is 11.1 Å². The number of halogens is 2. The van der Waals surface area contributed by atoms with Crippen LogP contribution >= 0.6 is 23.2 Å². The molecule has 0 aliphatic carbocycles. The number of benzene rings is 1. The highest BCUT2D eigenvalue weighted by Crippen LogP contribution is 2.22. The molecular formula is C12H11Cl2N5O. The topological polar surface area (TPSA) is 108 Å². The molecule has 0 spiro atoms. The summed E-state index contributed by atoms with van der Waals surface area (Å²) >= 11 is 11.7. The molecule has 5 N–H and O–H groups in total. The Balaban J connectivity index is 2.18. The van der Waals surface area contributed by atoms with E-state index in [-0.39, 0.29) is 17.3 Å². The van der Waals surface area contributed by atoms with Gasteiger partial charge < -0.3 is 16.5 Å². The standard InChI is InChI=1S/C12H11Cl2N5O/c13-7-2-1-6(3-8(7)14)5-17-12-18-9(4-15)10(16)11(20)19-12/h1-4,15H,5,16H2,(H2,17,18,19,20). The Bertz CT molecular complexity index is 713. The van der Waals surface area contributed by atoms with Crippen molar-refractivity contribution in [3.8, 4) is 0 Å². The van der Waals surface area contributed by atoms with E-state index < -0.39 is 5.56 Å². The van der Waals surface area contributed by atoms with E-state index in [1.807, 2.05) is 0 Å². The van der Waals surface area contributed by atoms with Crippen LogP contribution in [0.3, 0.4) is 0 Å². The van der Waals surface area contributed by atoms with Crippen LogP contribution in [0, 0.1) is 5.41 Å². The number of H-pyrrole nitrogens is 1. The van der Waals surface area contributed by atoms with Gasteiger partial charge in [0, 0.05) is 12.8 Å². The Kier molecular flexibility index (Phi) is 4.26. The summed E-state index contributed by atoms with van der Waals surface area (Å²) < 4.78 is 0. The molecule has 8 heteroatoms. The predicted octanol–water partition coefficient (Wildman–Crippen LogP) is 2.27. The normalized spacial score (nSPS) is 10.3. The molecule has 1 aromatic heterocycles. The Morgan fingerprint density at radius 2 is 2.15 bits per heavy atom. The third-order valence-corrected chi connectivity index (χ3v) is 3.30. The second-order valence-electron chi connectivity index (χ2n) is 3.96. The largest absolute Gasteiger partial charge is 0.392 e. The number of rotatable bonds is 4. The maximum absolute atomic E-state index is 11.5. The molecule has 1 heterocycles. The molecule has 2 rings (SSSR count). The number of aromatic nitrogens is 2. The van der Waals surface area contributed by atoms with Crippen LogP contribution in [0.5, 0.6) is 0 Å². The number of nitrogens with two attached hydrogens (primary N) is 1. The highest BCUT2D eigenvalue weighted by atomic mass is 35.5. The monoisotopic (exact) mass is 311 g/mol. The Morgan fingerprint density at radius 3 is 2.80 bits per heavy atom. The zero-order valence-electron chi connectivity index (χ0n) is 10.2. The number of nitrogens with zero attached hydrogens (tertiary/aromatic N) is 1. The molecule has 0 unspecified atom stereocenters. The summed E-state index contributed by atoms with van der Waals surface area (Å²) in [5, 5.41) is 11.0. The molecule has 104 valence electrons. The minimum atomic E-state index is -0.491. The average Bonchev–Trinajstić information content (AvgIpc) is 2.43. The summed E-state index contributed by atoms with van der Waals surface area (Å²) in [4.78, 5) is 18.0.